The molecule has 0 unspecified atom stereocenters. The molecule has 0 N–H and O–H groups in total. The number of aryl methyl sites for hydroxylation is 1. The third-order valence-corrected chi connectivity index (χ3v) is 6.88. The van der Waals surface area contributed by atoms with Crippen molar-refractivity contribution in [1.29, 1.82) is 0 Å². The van der Waals surface area contributed by atoms with Crippen LogP contribution in [0, 0.1) is 6.92 Å². The summed E-state index contributed by atoms with van der Waals surface area (Å²) in [6, 6.07) is 11.4. The van der Waals surface area contributed by atoms with Crippen LogP contribution < -0.4 is 0 Å². The third kappa shape index (κ3) is 5.44. The predicted octanol–water partition coefficient (Wildman–Crippen LogP) is 5.26. The van der Waals surface area contributed by atoms with Gasteiger partial charge >= 0.3 is 12.1 Å². The van der Waals surface area contributed by atoms with Gasteiger partial charge in [0.15, 0.2) is 0 Å². The van der Waals surface area contributed by atoms with Crippen molar-refractivity contribution >= 4 is 33.8 Å². The highest BCUT2D eigenvalue weighted by Gasteiger charge is 2.48. The molecule has 3 aromatic rings. The summed E-state index contributed by atoms with van der Waals surface area (Å²) in [5.41, 5.74) is 3.57. The molecule has 5 rings (SSSR count). The fourth-order valence-electron chi connectivity index (χ4n) is 4.39. The van der Waals surface area contributed by atoms with Gasteiger partial charge in [-0.2, -0.15) is 0 Å². The summed E-state index contributed by atoms with van der Waals surface area (Å²) in [6.45, 7) is 3.92. The zero-order valence-electron chi connectivity index (χ0n) is 20.6. The monoisotopic (exact) mass is 566 g/mol. The van der Waals surface area contributed by atoms with Gasteiger partial charge in [0.05, 0.1) is 23.7 Å². The largest absolute Gasteiger partial charge is 0.508 e. The molecule has 1 aliphatic carbocycles. The van der Waals surface area contributed by atoms with Crippen LogP contribution in [0.15, 0.2) is 58.3 Å². The highest BCUT2D eigenvalue weighted by atomic mass is 79.9. The second-order valence-electron chi connectivity index (χ2n) is 9.13. The SMILES string of the molecule is CCOC(=O)OCC1(OC(=O)CC[C@@H]2N=C(c3ccccn3)c3cc(Br)ccc3-n3c(C)cnc32)CC1. The van der Waals surface area contributed by atoms with E-state index in [1.165, 1.54) is 0 Å². The molecule has 1 saturated carbocycles. The molecule has 10 heteroatoms. The van der Waals surface area contributed by atoms with E-state index in [0.717, 1.165) is 38.6 Å². The smallest absolute Gasteiger partial charge is 0.455 e. The number of aliphatic imine (C=N–C) groups is 1. The van der Waals surface area contributed by atoms with Gasteiger partial charge in [-0.1, -0.05) is 22.0 Å². The van der Waals surface area contributed by atoms with Gasteiger partial charge < -0.3 is 14.2 Å². The van der Waals surface area contributed by atoms with Crippen molar-refractivity contribution in [2.45, 2.75) is 51.2 Å². The highest BCUT2D eigenvalue weighted by Crippen LogP contribution is 2.41. The van der Waals surface area contributed by atoms with Crippen LogP contribution in [0.25, 0.3) is 5.69 Å². The van der Waals surface area contributed by atoms with Gasteiger partial charge in [-0.3, -0.25) is 19.3 Å². The van der Waals surface area contributed by atoms with Gasteiger partial charge in [0.1, 0.15) is 24.1 Å². The average Bonchev–Trinajstić information content (AvgIpc) is 3.58. The summed E-state index contributed by atoms with van der Waals surface area (Å²) in [5, 5.41) is 0. The minimum atomic E-state index is -0.757. The van der Waals surface area contributed by atoms with Gasteiger partial charge in [0, 0.05) is 34.5 Å². The van der Waals surface area contributed by atoms with Crippen LogP contribution in [0.4, 0.5) is 4.79 Å². The van der Waals surface area contributed by atoms with E-state index in [1.807, 2.05) is 49.5 Å². The minimum absolute atomic E-state index is 0.00321. The number of hydrogen-bond acceptors (Lipinski definition) is 8. The number of benzene rings is 1. The quantitative estimate of drug-likeness (QED) is 0.342. The van der Waals surface area contributed by atoms with Crippen molar-refractivity contribution in [2.24, 2.45) is 4.99 Å². The Labute approximate surface area is 223 Å². The highest BCUT2D eigenvalue weighted by molar-refractivity contribution is 9.10. The van der Waals surface area contributed by atoms with E-state index < -0.39 is 17.8 Å². The van der Waals surface area contributed by atoms with Crippen LogP contribution in [-0.4, -0.2) is 51.2 Å². The van der Waals surface area contributed by atoms with Crippen LogP contribution in [-0.2, 0) is 19.0 Å². The second kappa shape index (κ2) is 10.5. The van der Waals surface area contributed by atoms with E-state index in [4.69, 9.17) is 19.2 Å². The van der Waals surface area contributed by atoms with E-state index in [0.29, 0.717) is 19.3 Å². The molecule has 1 aromatic carbocycles. The van der Waals surface area contributed by atoms with Crippen molar-refractivity contribution in [1.82, 2.24) is 14.5 Å². The Kier molecular flexibility index (Phi) is 7.10. The van der Waals surface area contributed by atoms with Crippen molar-refractivity contribution in [3.05, 3.63) is 76.0 Å². The lowest BCUT2D eigenvalue weighted by Crippen LogP contribution is -2.27. The molecule has 37 heavy (non-hydrogen) atoms. The van der Waals surface area contributed by atoms with Crippen molar-refractivity contribution < 1.29 is 23.8 Å². The summed E-state index contributed by atoms with van der Waals surface area (Å²) in [7, 11) is 0. The van der Waals surface area contributed by atoms with E-state index in [1.54, 1.807) is 13.1 Å². The maximum absolute atomic E-state index is 12.8. The number of carbonyl (C=O) groups excluding carboxylic acids is 2. The average molecular weight is 567 g/mol. The fraction of sp³-hybridized carbons (Fsp3) is 0.370. The molecular formula is C27H27BrN4O5. The van der Waals surface area contributed by atoms with Crippen LogP contribution in [0.5, 0.6) is 0 Å². The first-order chi connectivity index (χ1) is 17.9. The Bertz CT molecular complexity index is 1350. The summed E-state index contributed by atoms with van der Waals surface area (Å²) < 4.78 is 18.6. The maximum atomic E-state index is 12.8. The van der Waals surface area contributed by atoms with Gasteiger partial charge in [-0.05, 0) is 63.4 Å². The van der Waals surface area contributed by atoms with Gasteiger partial charge in [-0.25, -0.2) is 9.78 Å². The lowest BCUT2D eigenvalue weighted by molar-refractivity contribution is -0.154. The summed E-state index contributed by atoms with van der Waals surface area (Å²) in [5.74, 6) is 0.394. The number of rotatable bonds is 8. The first kappa shape index (κ1) is 25.1. The normalized spacial score (nSPS) is 17.1. The number of aromatic nitrogens is 3. The van der Waals surface area contributed by atoms with Crippen molar-refractivity contribution in [3.63, 3.8) is 0 Å². The number of carbonyl (C=O) groups is 2. The Morgan fingerprint density at radius 2 is 2.00 bits per heavy atom. The summed E-state index contributed by atoms with van der Waals surface area (Å²) in [6.07, 6.45) is 4.64. The molecule has 1 atom stereocenters. The third-order valence-electron chi connectivity index (χ3n) is 6.39. The molecule has 0 bridgehead atoms. The minimum Gasteiger partial charge on any atom is -0.455 e. The maximum Gasteiger partial charge on any atom is 0.508 e. The first-order valence-corrected chi connectivity index (χ1v) is 13.0. The lowest BCUT2D eigenvalue weighted by Gasteiger charge is -2.18. The number of halogens is 1. The van der Waals surface area contributed by atoms with Crippen molar-refractivity contribution in [3.8, 4) is 5.69 Å². The van der Waals surface area contributed by atoms with E-state index >= 15 is 0 Å². The molecule has 3 heterocycles. The first-order valence-electron chi connectivity index (χ1n) is 12.2. The number of imidazole rings is 1. The summed E-state index contributed by atoms with van der Waals surface area (Å²) >= 11 is 3.59. The lowest BCUT2D eigenvalue weighted by atomic mass is 10.0. The second-order valence-corrected chi connectivity index (χ2v) is 10.0. The van der Waals surface area contributed by atoms with Crippen LogP contribution in [0.2, 0.25) is 0 Å². The number of esters is 1. The van der Waals surface area contributed by atoms with Gasteiger partial charge in [0.25, 0.3) is 0 Å². The molecular weight excluding hydrogens is 540 g/mol. The zero-order chi connectivity index (χ0) is 26.0. The zero-order valence-corrected chi connectivity index (χ0v) is 22.2. The number of nitrogens with zero attached hydrogens (tertiary/aromatic N) is 4. The summed E-state index contributed by atoms with van der Waals surface area (Å²) in [4.78, 5) is 38.7. The van der Waals surface area contributed by atoms with E-state index in [-0.39, 0.29) is 25.6 Å². The molecule has 0 radical (unpaired) electrons. The Morgan fingerprint density at radius 1 is 1.16 bits per heavy atom. The van der Waals surface area contributed by atoms with Crippen LogP contribution in [0.3, 0.4) is 0 Å². The Hall–Kier alpha value is -3.53. The molecule has 0 amide bonds. The van der Waals surface area contributed by atoms with Gasteiger partial charge in [-0.15, -0.1) is 0 Å². The van der Waals surface area contributed by atoms with E-state index in [9.17, 15) is 9.59 Å². The molecule has 0 spiro atoms. The number of fused-ring (bicyclic) bond motifs is 3. The molecule has 2 aromatic heterocycles. The van der Waals surface area contributed by atoms with Crippen LogP contribution >= 0.6 is 15.9 Å². The Morgan fingerprint density at radius 3 is 2.73 bits per heavy atom. The van der Waals surface area contributed by atoms with Gasteiger partial charge in [0.2, 0.25) is 0 Å². The predicted molar refractivity (Wildman–Crippen MR) is 139 cm³/mol. The molecule has 2 aliphatic rings. The molecule has 0 saturated heterocycles. The molecule has 192 valence electrons. The molecule has 9 nitrogen and oxygen atoms in total. The Balaban J connectivity index is 1.39. The number of pyridine rings is 1. The molecule has 1 fully saturated rings. The molecule has 1 aliphatic heterocycles. The standard InChI is InChI=1S/C27H27BrN4O5/c1-3-35-26(34)36-16-27(11-12-27)37-23(33)10-8-21-25-30-15-17(2)32(25)22-9-7-18(28)14-19(22)24(31-21)20-6-4-5-13-29-20/h4-7,9,13-15,21H,3,8,10-12,16H2,1-2H3/t21-/m0/s1. The number of ether oxygens (including phenoxy) is 3. The van der Waals surface area contributed by atoms with Crippen molar-refractivity contribution in [2.75, 3.05) is 13.2 Å². The number of hydrogen-bond donors (Lipinski definition) is 0. The fourth-order valence-corrected chi connectivity index (χ4v) is 4.75. The topological polar surface area (TPSA) is 105 Å². The van der Waals surface area contributed by atoms with E-state index in [2.05, 4.69) is 30.5 Å². The van der Waals surface area contributed by atoms with Crippen LogP contribution in [0.1, 0.15) is 61.4 Å².